The molecule has 1 aliphatic heterocycles. The number of β-amino-alcohol motifs (C(OH)–C–C–N with tert-alkyl or cyclic N) is 1. The molecule has 0 radical (unpaired) electrons. The second kappa shape index (κ2) is 4.42. The Morgan fingerprint density at radius 1 is 1.53 bits per heavy atom. The van der Waals surface area contributed by atoms with Crippen molar-refractivity contribution in [2.75, 3.05) is 6.54 Å². The highest BCUT2D eigenvalue weighted by atomic mass is 16.6. The van der Waals surface area contributed by atoms with E-state index in [1.54, 1.807) is 0 Å². The number of aromatic nitrogens is 2. The molecule has 0 spiro atoms. The van der Waals surface area contributed by atoms with E-state index in [0.29, 0.717) is 18.6 Å². The largest absolute Gasteiger partial charge is 0.434 e. The average Bonchev–Trinajstić information content (AvgIpc) is 2.71. The van der Waals surface area contributed by atoms with Crippen LogP contribution in [-0.2, 0) is 6.54 Å². The van der Waals surface area contributed by atoms with Crippen LogP contribution in [0.15, 0.2) is 12.4 Å². The minimum atomic E-state index is -0.615. The number of hydrogen-bond donors (Lipinski definition) is 1. The maximum absolute atomic E-state index is 10.6. The van der Waals surface area contributed by atoms with Gasteiger partial charge in [0.1, 0.15) is 12.4 Å². The van der Waals surface area contributed by atoms with Crippen LogP contribution in [0.1, 0.15) is 13.8 Å². The van der Waals surface area contributed by atoms with Crippen molar-refractivity contribution in [3.63, 3.8) is 0 Å². The SMILES string of the molecule is C[C@@H]1[C@H](C)N1C[C@H](O)Cn1ccnc1[N+](=O)[O-]. The van der Waals surface area contributed by atoms with E-state index in [4.69, 9.17) is 0 Å². The van der Waals surface area contributed by atoms with Crippen molar-refractivity contribution >= 4 is 5.95 Å². The number of nitrogens with zero attached hydrogens (tertiary/aromatic N) is 4. The molecule has 2 heterocycles. The number of nitro groups is 1. The highest BCUT2D eigenvalue weighted by Gasteiger charge is 2.40. The standard InChI is InChI=1S/C10H16N4O3/c1-7-8(2)13(7)6-9(15)5-12-4-3-11-10(12)14(16)17/h3-4,7-9,15H,5-6H2,1-2H3/t7-,8+,9-,13?/m1/s1. The van der Waals surface area contributed by atoms with Crippen LogP contribution in [0, 0.1) is 10.1 Å². The van der Waals surface area contributed by atoms with Gasteiger partial charge in [0.25, 0.3) is 0 Å². The van der Waals surface area contributed by atoms with E-state index < -0.39 is 11.0 Å². The van der Waals surface area contributed by atoms with E-state index in [0.717, 1.165) is 0 Å². The molecule has 1 N–H and O–H groups in total. The number of aliphatic hydroxyl groups is 1. The van der Waals surface area contributed by atoms with Crippen molar-refractivity contribution in [3.05, 3.63) is 22.5 Å². The summed E-state index contributed by atoms with van der Waals surface area (Å²) in [5.41, 5.74) is 0. The summed E-state index contributed by atoms with van der Waals surface area (Å²) in [6.07, 6.45) is 2.26. The van der Waals surface area contributed by atoms with Gasteiger partial charge in [0.2, 0.25) is 0 Å². The highest BCUT2D eigenvalue weighted by Crippen LogP contribution is 2.27. The minimum Gasteiger partial charge on any atom is -0.390 e. The lowest BCUT2D eigenvalue weighted by molar-refractivity contribution is -0.397. The molecule has 1 aromatic heterocycles. The Morgan fingerprint density at radius 3 is 2.71 bits per heavy atom. The molecule has 0 aromatic carbocycles. The Balaban J connectivity index is 1.92. The Kier molecular flexibility index (Phi) is 3.12. The van der Waals surface area contributed by atoms with Crippen LogP contribution in [0.4, 0.5) is 5.95 Å². The first kappa shape index (κ1) is 12.0. The Morgan fingerprint density at radius 2 is 2.18 bits per heavy atom. The summed E-state index contributed by atoms with van der Waals surface area (Å²) in [5, 5.41) is 20.5. The first-order valence-corrected chi connectivity index (χ1v) is 5.60. The lowest BCUT2D eigenvalue weighted by Crippen LogP contribution is -2.26. The summed E-state index contributed by atoms with van der Waals surface area (Å²) in [6, 6.07) is 0.977. The molecule has 2 rings (SSSR count). The van der Waals surface area contributed by atoms with E-state index in [-0.39, 0.29) is 12.5 Å². The second-order valence-electron chi connectivity index (χ2n) is 4.47. The Hall–Kier alpha value is -1.47. The molecule has 1 aromatic rings. The van der Waals surface area contributed by atoms with E-state index in [9.17, 15) is 15.2 Å². The van der Waals surface area contributed by atoms with E-state index in [1.165, 1.54) is 17.0 Å². The Bertz CT molecular complexity index is 411. The number of aliphatic hydroxyl groups excluding tert-OH is 1. The average molecular weight is 240 g/mol. The van der Waals surface area contributed by atoms with Gasteiger partial charge in [-0.25, -0.2) is 4.57 Å². The molecule has 0 bridgehead atoms. The molecular weight excluding hydrogens is 224 g/mol. The van der Waals surface area contributed by atoms with Crippen LogP contribution in [-0.4, -0.2) is 49.2 Å². The first-order valence-electron chi connectivity index (χ1n) is 5.60. The van der Waals surface area contributed by atoms with Crippen molar-refractivity contribution in [2.24, 2.45) is 0 Å². The fourth-order valence-electron chi connectivity index (χ4n) is 2.06. The minimum absolute atomic E-state index is 0.201. The molecule has 1 unspecified atom stereocenters. The molecule has 1 fully saturated rings. The zero-order chi connectivity index (χ0) is 12.6. The monoisotopic (exact) mass is 240 g/mol. The Labute approximate surface area is 98.8 Å². The predicted octanol–water partition coefficient (Wildman–Crippen LogP) is 0.245. The molecule has 1 saturated heterocycles. The van der Waals surface area contributed by atoms with Gasteiger partial charge in [0, 0.05) is 18.6 Å². The molecule has 0 amide bonds. The van der Waals surface area contributed by atoms with Crippen LogP contribution in [0.3, 0.4) is 0 Å². The van der Waals surface area contributed by atoms with Crippen LogP contribution in [0.2, 0.25) is 0 Å². The van der Waals surface area contributed by atoms with Gasteiger partial charge < -0.3 is 15.2 Å². The third-order valence-corrected chi connectivity index (χ3v) is 3.34. The third-order valence-electron chi connectivity index (χ3n) is 3.34. The lowest BCUT2D eigenvalue weighted by atomic mass is 10.3. The lowest BCUT2D eigenvalue weighted by Gasteiger charge is -2.11. The van der Waals surface area contributed by atoms with Gasteiger partial charge in [0.05, 0.1) is 12.6 Å². The summed E-state index contributed by atoms with van der Waals surface area (Å²) in [6.45, 7) is 4.93. The zero-order valence-corrected chi connectivity index (χ0v) is 9.85. The molecule has 4 atom stereocenters. The van der Waals surface area contributed by atoms with Crippen LogP contribution < -0.4 is 0 Å². The quantitative estimate of drug-likeness (QED) is 0.453. The normalized spacial score (nSPS) is 29.0. The van der Waals surface area contributed by atoms with Crippen molar-refractivity contribution in [1.29, 1.82) is 0 Å². The summed E-state index contributed by atoms with van der Waals surface area (Å²) in [7, 11) is 0. The molecule has 7 heteroatoms. The highest BCUT2D eigenvalue weighted by molar-refractivity contribution is 5.07. The van der Waals surface area contributed by atoms with Crippen molar-refractivity contribution in [1.82, 2.24) is 14.5 Å². The van der Waals surface area contributed by atoms with Gasteiger partial charge in [-0.1, -0.05) is 4.98 Å². The van der Waals surface area contributed by atoms with Crippen LogP contribution in [0.25, 0.3) is 0 Å². The van der Waals surface area contributed by atoms with Gasteiger partial charge in [-0.15, -0.1) is 0 Å². The maximum Gasteiger partial charge on any atom is 0.434 e. The first-order chi connectivity index (χ1) is 8.00. The summed E-state index contributed by atoms with van der Waals surface area (Å²) in [4.78, 5) is 15.9. The number of rotatable bonds is 5. The third kappa shape index (κ3) is 2.45. The van der Waals surface area contributed by atoms with Crippen LogP contribution >= 0.6 is 0 Å². The van der Waals surface area contributed by atoms with Gasteiger partial charge in [-0.05, 0) is 18.8 Å². The summed E-state index contributed by atoms with van der Waals surface area (Å²) in [5.74, 6) is -0.226. The topological polar surface area (TPSA) is 84.2 Å². The molecule has 94 valence electrons. The summed E-state index contributed by atoms with van der Waals surface area (Å²) >= 11 is 0. The number of imidazole rings is 1. The fraction of sp³-hybridized carbons (Fsp3) is 0.700. The van der Waals surface area contributed by atoms with Gasteiger partial charge in [-0.3, -0.25) is 4.90 Å². The predicted molar refractivity (Wildman–Crippen MR) is 60.5 cm³/mol. The van der Waals surface area contributed by atoms with Crippen molar-refractivity contribution < 1.29 is 10.0 Å². The van der Waals surface area contributed by atoms with Gasteiger partial charge in [0.15, 0.2) is 0 Å². The maximum atomic E-state index is 10.6. The van der Waals surface area contributed by atoms with E-state index in [1.807, 2.05) is 0 Å². The van der Waals surface area contributed by atoms with Crippen molar-refractivity contribution in [2.45, 2.75) is 38.6 Å². The van der Waals surface area contributed by atoms with E-state index >= 15 is 0 Å². The molecule has 7 nitrogen and oxygen atoms in total. The fourth-order valence-corrected chi connectivity index (χ4v) is 2.06. The molecule has 0 saturated carbocycles. The van der Waals surface area contributed by atoms with Crippen molar-refractivity contribution in [3.8, 4) is 0 Å². The summed E-state index contributed by atoms with van der Waals surface area (Å²) < 4.78 is 1.36. The molecular formula is C10H16N4O3. The number of hydrogen-bond acceptors (Lipinski definition) is 5. The smallest absolute Gasteiger partial charge is 0.390 e. The van der Waals surface area contributed by atoms with Crippen LogP contribution in [0.5, 0.6) is 0 Å². The van der Waals surface area contributed by atoms with Gasteiger partial charge >= 0.3 is 5.95 Å². The molecule has 1 aliphatic rings. The molecule has 17 heavy (non-hydrogen) atoms. The van der Waals surface area contributed by atoms with Gasteiger partial charge in [-0.2, -0.15) is 0 Å². The zero-order valence-electron chi connectivity index (χ0n) is 9.85. The molecule has 0 aliphatic carbocycles. The van der Waals surface area contributed by atoms with E-state index in [2.05, 4.69) is 23.7 Å². The second-order valence-corrected chi connectivity index (χ2v) is 4.47.